The van der Waals surface area contributed by atoms with Gasteiger partial charge >= 0.3 is 6.18 Å². The number of carbonyl (C=O) groups excluding carboxylic acids is 1. The summed E-state index contributed by atoms with van der Waals surface area (Å²) in [5.74, 6) is 1.54. The van der Waals surface area contributed by atoms with Gasteiger partial charge in [-0.25, -0.2) is 0 Å². The maximum absolute atomic E-state index is 13.2. The van der Waals surface area contributed by atoms with Crippen LogP contribution in [0, 0.1) is 5.41 Å². The highest BCUT2D eigenvalue weighted by Gasteiger charge is 2.45. The Morgan fingerprint density at radius 1 is 1.22 bits per heavy atom. The molecule has 2 aromatic heterocycles. The predicted octanol–water partition coefficient (Wildman–Crippen LogP) is 3.63. The topological polar surface area (TPSA) is 111 Å². The van der Waals surface area contributed by atoms with E-state index in [-0.39, 0.29) is 18.1 Å². The average molecular weight is 526 g/mol. The Hall–Kier alpha value is -3.12. The fourth-order valence-corrected chi connectivity index (χ4v) is 4.46. The quantitative estimate of drug-likeness (QED) is 0.386. The summed E-state index contributed by atoms with van der Waals surface area (Å²) in [5, 5.41) is 11.5. The van der Waals surface area contributed by atoms with Gasteiger partial charge in [-0.15, -0.1) is 21.8 Å². The van der Waals surface area contributed by atoms with E-state index >= 15 is 0 Å². The molecule has 1 aromatic carbocycles. The second kappa shape index (κ2) is 9.74. The summed E-state index contributed by atoms with van der Waals surface area (Å²) in [5.41, 5.74) is 6.36. The van der Waals surface area contributed by atoms with Crippen LogP contribution in [0.2, 0.25) is 0 Å². The number of carbonyl (C=O) groups is 1. The van der Waals surface area contributed by atoms with Gasteiger partial charge in [-0.05, 0) is 30.7 Å². The number of hydrogen-bond acceptors (Lipinski definition) is 7. The number of amides is 1. The van der Waals surface area contributed by atoms with E-state index in [0.29, 0.717) is 49.9 Å². The lowest BCUT2D eigenvalue weighted by atomic mass is 9.87. The predicted molar refractivity (Wildman–Crippen MR) is 128 cm³/mol. The van der Waals surface area contributed by atoms with Crippen LogP contribution in [-0.2, 0) is 41.8 Å². The zero-order valence-electron chi connectivity index (χ0n) is 20.1. The van der Waals surface area contributed by atoms with Gasteiger partial charge in [0.2, 0.25) is 5.91 Å². The molecule has 0 bridgehead atoms. The highest BCUT2D eigenvalue weighted by molar-refractivity contribution is 6.15. The minimum absolute atomic E-state index is 0.00850. The van der Waals surface area contributed by atoms with Gasteiger partial charge in [-0.3, -0.25) is 9.20 Å². The Balaban J connectivity index is 0.00000148. The number of halogens is 4. The summed E-state index contributed by atoms with van der Waals surface area (Å²) in [4.78, 5) is 19.5. The minimum Gasteiger partial charge on any atom is -0.399 e. The van der Waals surface area contributed by atoms with Crippen molar-refractivity contribution >= 4 is 34.8 Å². The van der Waals surface area contributed by atoms with E-state index in [0.717, 1.165) is 29.2 Å². The van der Waals surface area contributed by atoms with Crippen LogP contribution in [0.15, 0.2) is 18.2 Å². The van der Waals surface area contributed by atoms with Crippen LogP contribution in [0.1, 0.15) is 42.1 Å². The van der Waals surface area contributed by atoms with Crippen molar-refractivity contribution in [2.75, 3.05) is 30.6 Å². The number of aromatic nitrogens is 4. The van der Waals surface area contributed by atoms with Gasteiger partial charge < -0.3 is 20.7 Å². The number of nitrogens with one attached hydrogen (secondary N) is 1. The number of ether oxygens (including phenoxy) is 1. The van der Waals surface area contributed by atoms with Crippen LogP contribution in [0.4, 0.5) is 24.7 Å². The number of benzene rings is 1. The molecule has 0 unspecified atom stereocenters. The van der Waals surface area contributed by atoms with Crippen LogP contribution in [0.5, 0.6) is 0 Å². The lowest BCUT2D eigenvalue weighted by Gasteiger charge is -2.39. The Morgan fingerprint density at radius 2 is 1.94 bits per heavy atom. The Labute approximate surface area is 210 Å². The molecule has 2 aliphatic rings. The van der Waals surface area contributed by atoms with Crippen molar-refractivity contribution in [3.05, 3.63) is 46.4 Å². The van der Waals surface area contributed by atoms with Gasteiger partial charge in [-0.2, -0.15) is 18.2 Å². The normalized spacial score (nSPS) is 16.2. The largest absolute Gasteiger partial charge is 0.416 e. The van der Waals surface area contributed by atoms with Crippen molar-refractivity contribution in [1.29, 1.82) is 0 Å². The fraction of sp³-hybridized carbons (Fsp3) is 0.478. The zero-order chi connectivity index (χ0) is 26.3. The molecule has 0 spiro atoms. The SMILES string of the molecule is CCc1nnc2nc(NCc3cc(N)cc(C(F)(F)F)c3)c3c(n12)CN(C(=O)C1(C)COC1)C3.CCl. The molecule has 3 N–H and O–H groups in total. The number of rotatable bonds is 5. The van der Waals surface area contributed by atoms with E-state index in [1.165, 1.54) is 12.4 Å². The van der Waals surface area contributed by atoms with Crippen LogP contribution in [0.25, 0.3) is 5.78 Å². The van der Waals surface area contributed by atoms with Crippen molar-refractivity contribution in [2.24, 2.45) is 5.41 Å². The molecule has 1 fully saturated rings. The molecule has 13 heteroatoms. The molecule has 3 aromatic rings. The summed E-state index contributed by atoms with van der Waals surface area (Å²) in [6.07, 6.45) is -2.39. The van der Waals surface area contributed by atoms with Crippen molar-refractivity contribution in [1.82, 2.24) is 24.5 Å². The Morgan fingerprint density at radius 3 is 2.56 bits per heavy atom. The van der Waals surface area contributed by atoms with Crippen molar-refractivity contribution in [2.45, 2.75) is 46.1 Å². The molecule has 0 aliphatic carbocycles. The maximum Gasteiger partial charge on any atom is 0.416 e. The zero-order valence-corrected chi connectivity index (χ0v) is 20.9. The number of nitrogen functional groups attached to an aromatic ring is 1. The number of alkyl halides is 4. The molecule has 0 saturated carbocycles. The summed E-state index contributed by atoms with van der Waals surface area (Å²) in [7, 11) is 0. The summed E-state index contributed by atoms with van der Waals surface area (Å²) in [6, 6.07) is 3.45. The Kier molecular flexibility index (Phi) is 7.02. The first-order valence-corrected chi connectivity index (χ1v) is 12.1. The van der Waals surface area contributed by atoms with Gasteiger partial charge in [0, 0.05) is 30.6 Å². The van der Waals surface area contributed by atoms with Gasteiger partial charge in [0.25, 0.3) is 5.78 Å². The Bertz CT molecular complexity index is 1290. The first kappa shape index (κ1) is 26.0. The van der Waals surface area contributed by atoms with E-state index in [2.05, 4.69) is 32.1 Å². The van der Waals surface area contributed by atoms with Crippen LogP contribution >= 0.6 is 11.6 Å². The number of anilines is 2. The lowest BCUT2D eigenvalue weighted by Crippen LogP contribution is -2.52. The first-order valence-electron chi connectivity index (χ1n) is 11.3. The van der Waals surface area contributed by atoms with Crippen molar-refractivity contribution < 1.29 is 22.7 Å². The third kappa shape index (κ3) is 4.66. The van der Waals surface area contributed by atoms with E-state index in [1.807, 2.05) is 18.2 Å². The molecule has 1 saturated heterocycles. The third-order valence-corrected chi connectivity index (χ3v) is 6.28. The van der Waals surface area contributed by atoms with Gasteiger partial charge in [0.1, 0.15) is 11.6 Å². The first-order chi connectivity index (χ1) is 17.1. The molecule has 0 radical (unpaired) electrons. The molecule has 5 rings (SSSR count). The highest BCUT2D eigenvalue weighted by Crippen LogP contribution is 2.36. The monoisotopic (exact) mass is 525 g/mol. The van der Waals surface area contributed by atoms with E-state index < -0.39 is 17.2 Å². The molecule has 1 amide bonds. The van der Waals surface area contributed by atoms with E-state index in [1.54, 1.807) is 4.90 Å². The van der Waals surface area contributed by atoms with Crippen molar-refractivity contribution in [3.63, 3.8) is 0 Å². The van der Waals surface area contributed by atoms with Crippen LogP contribution < -0.4 is 11.1 Å². The number of nitrogens with two attached hydrogens (primary N) is 1. The number of hydrogen-bond donors (Lipinski definition) is 2. The molecular formula is C23H27ClF3N7O2. The second-order valence-corrected chi connectivity index (χ2v) is 9.02. The fourth-order valence-electron chi connectivity index (χ4n) is 4.46. The number of nitrogens with zero attached hydrogens (tertiary/aromatic N) is 5. The summed E-state index contributed by atoms with van der Waals surface area (Å²) < 4.78 is 46.7. The molecule has 2 aliphatic heterocycles. The van der Waals surface area contributed by atoms with Crippen LogP contribution in [-0.4, -0.2) is 50.0 Å². The molecule has 194 valence electrons. The maximum atomic E-state index is 13.2. The standard InChI is InChI=1S/C22H24F3N7O2.CH3Cl/c1-3-17-29-30-20-28-18(27-7-12-4-13(22(23,24)25)6-14(26)5-12)15-8-31(9-16(15)32(17)20)19(33)21(2)10-34-11-21;1-2/h4-6H,3,7-11,26H2,1-2H3,(H,27,28,30);1H3. The lowest BCUT2D eigenvalue weighted by molar-refractivity contribution is -0.169. The van der Waals surface area contributed by atoms with Gasteiger partial charge in [0.05, 0.1) is 43.0 Å². The molecule has 36 heavy (non-hydrogen) atoms. The molecular weight excluding hydrogens is 499 g/mol. The number of fused-ring (bicyclic) bond motifs is 3. The second-order valence-electron chi connectivity index (χ2n) is 9.02. The number of aryl methyl sites for hydroxylation is 1. The molecule has 4 heterocycles. The highest BCUT2D eigenvalue weighted by atomic mass is 35.5. The smallest absolute Gasteiger partial charge is 0.399 e. The third-order valence-electron chi connectivity index (χ3n) is 6.28. The van der Waals surface area contributed by atoms with Crippen LogP contribution in [0.3, 0.4) is 0 Å². The average Bonchev–Trinajstić information content (AvgIpc) is 3.45. The summed E-state index contributed by atoms with van der Waals surface area (Å²) >= 11 is 4.64. The van der Waals surface area contributed by atoms with E-state index in [4.69, 9.17) is 10.5 Å². The molecule has 0 atom stereocenters. The summed E-state index contributed by atoms with van der Waals surface area (Å²) in [6.45, 7) is 5.33. The molecule has 9 nitrogen and oxygen atoms in total. The van der Waals surface area contributed by atoms with Gasteiger partial charge in [-0.1, -0.05) is 6.92 Å². The van der Waals surface area contributed by atoms with Crippen molar-refractivity contribution in [3.8, 4) is 0 Å². The minimum atomic E-state index is -4.50. The van der Waals surface area contributed by atoms with E-state index in [9.17, 15) is 18.0 Å². The van der Waals surface area contributed by atoms with Gasteiger partial charge in [0.15, 0.2) is 0 Å².